The van der Waals surface area contributed by atoms with E-state index in [1.807, 2.05) is 24.3 Å². The molecular weight excluding hydrogens is 238 g/mol. The molecule has 4 heteroatoms. The van der Waals surface area contributed by atoms with E-state index in [2.05, 4.69) is 15.6 Å². The van der Waals surface area contributed by atoms with Gasteiger partial charge in [0.25, 0.3) is 0 Å². The highest BCUT2D eigenvalue weighted by Gasteiger charge is 2.28. The molecule has 1 fully saturated rings. The molecule has 0 unspecified atom stereocenters. The molecule has 92 valence electrons. The number of hydrogen-bond acceptors (Lipinski definition) is 3. The molecule has 0 saturated heterocycles. The van der Waals surface area contributed by atoms with Gasteiger partial charge in [0.1, 0.15) is 12.1 Å². The predicted molar refractivity (Wildman–Crippen MR) is 70.4 cm³/mol. The van der Waals surface area contributed by atoms with Crippen molar-refractivity contribution in [3.8, 4) is 17.5 Å². The van der Waals surface area contributed by atoms with Crippen molar-refractivity contribution < 1.29 is 4.42 Å². The van der Waals surface area contributed by atoms with Crippen LogP contribution in [0.1, 0.15) is 24.4 Å². The first-order chi connectivity index (χ1) is 9.36. The van der Waals surface area contributed by atoms with Crippen molar-refractivity contribution in [1.29, 1.82) is 5.26 Å². The highest BCUT2D eigenvalue weighted by Crippen LogP contribution is 2.41. The van der Waals surface area contributed by atoms with Gasteiger partial charge in [0, 0.05) is 6.04 Å². The molecule has 0 amide bonds. The van der Waals surface area contributed by atoms with Crippen molar-refractivity contribution in [2.75, 3.05) is 0 Å². The lowest BCUT2D eigenvalue weighted by molar-refractivity contribution is 0.567. The SMILES string of the molecule is N#Cc1ccc2c(c1)nc(-c1ccoc1)n2C1CC1. The van der Waals surface area contributed by atoms with E-state index in [0.29, 0.717) is 11.6 Å². The second-order valence-electron chi connectivity index (χ2n) is 4.86. The molecule has 4 rings (SSSR count). The highest BCUT2D eigenvalue weighted by molar-refractivity contribution is 5.82. The van der Waals surface area contributed by atoms with Gasteiger partial charge in [-0.1, -0.05) is 0 Å². The maximum atomic E-state index is 8.98. The Labute approximate surface area is 109 Å². The Hall–Kier alpha value is -2.54. The van der Waals surface area contributed by atoms with Crippen LogP contribution >= 0.6 is 0 Å². The Morgan fingerprint density at radius 2 is 2.21 bits per heavy atom. The summed E-state index contributed by atoms with van der Waals surface area (Å²) in [4.78, 5) is 4.68. The molecular formula is C15H11N3O. The second kappa shape index (κ2) is 3.72. The summed E-state index contributed by atoms with van der Waals surface area (Å²) in [6, 6.07) is 10.3. The molecule has 4 nitrogen and oxygen atoms in total. The molecule has 0 radical (unpaired) electrons. The zero-order valence-corrected chi connectivity index (χ0v) is 10.2. The van der Waals surface area contributed by atoms with Gasteiger partial charge in [-0.05, 0) is 37.1 Å². The number of nitrogens with zero attached hydrogens (tertiary/aromatic N) is 3. The van der Waals surface area contributed by atoms with Gasteiger partial charge in [-0.2, -0.15) is 5.26 Å². The van der Waals surface area contributed by atoms with E-state index in [1.54, 1.807) is 12.5 Å². The van der Waals surface area contributed by atoms with Gasteiger partial charge in [0.2, 0.25) is 0 Å². The summed E-state index contributed by atoms with van der Waals surface area (Å²) in [5.41, 5.74) is 3.60. The van der Waals surface area contributed by atoms with Crippen molar-refractivity contribution >= 4 is 11.0 Å². The van der Waals surface area contributed by atoms with Crippen molar-refractivity contribution in [2.24, 2.45) is 0 Å². The van der Waals surface area contributed by atoms with E-state index in [9.17, 15) is 0 Å². The van der Waals surface area contributed by atoms with Crippen molar-refractivity contribution in [3.63, 3.8) is 0 Å². The summed E-state index contributed by atoms with van der Waals surface area (Å²) >= 11 is 0. The van der Waals surface area contributed by atoms with Crippen LogP contribution in [0.2, 0.25) is 0 Å². The van der Waals surface area contributed by atoms with E-state index in [-0.39, 0.29) is 0 Å². The Kier molecular flexibility index (Phi) is 2.04. The summed E-state index contributed by atoms with van der Waals surface area (Å²) < 4.78 is 7.42. The molecule has 0 spiro atoms. The monoisotopic (exact) mass is 249 g/mol. The first-order valence-corrected chi connectivity index (χ1v) is 6.31. The van der Waals surface area contributed by atoms with Gasteiger partial charge >= 0.3 is 0 Å². The third-order valence-electron chi connectivity index (χ3n) is 3.51. The molecule has 2 aromatic heterocycles. The quantitative estimate of drug-likeness (QED) is 0.698. The summed E-state index contributed by atoms with van der Waals surface area (Å²) in [7, 11) is 0. The average molecular weight is 249 g/mol. The maximum absolute atomic E-state index is 8.98. The van der Waals surface area contributed by atoms with Gasteiger partial charge in [0.15, 0.2) is 0 Å². The first kappa shape index (κ1) is 10.4. The summed E-state index contributed by atoms with van der Waals surface area (Å²) in [6.45, 7) is 0. The fourth-order valence-electron chi connectivity index (χ4n) is 2.47. The molecule has 0 N–H and O–H groups in total. The van der Waals surface area contributed by atoms with Gasteiger partial charge in [0.05, 0.1) is 34.5 Å². The van der Waals surface area contributed by atoms with E-state index < -0.39 is 0 Å². The molecule has 1 saturated carbocycles. The first-order valence-electron chi connectivity index (χ1n) is 6.31. The lowest BCUT2D eigenvalue weighted by Gasteiger charge is -2.05. The fraction of sp³-hybridized carbons (Fsp3) is 0.200. The van der Waals surface area contributed by atoms with Gasteiger partial charge in [-0.25, -0.2) is 4.98 Å². The van der Waals surface area contributed by atoms with Crippen molar-refractivity contribution in [2.45, 2.75) is 18.9 Å². The number of hydrogen-bond donors (Lipinski definition) is 0. The molecule has 2 heterocycles. The van der Waals surface area contributed by atoms with Crippen molar-refractivity contribution in [1.82, 2.24) is 9.55 Å². The van der Waals surface area contributed by atoms with Crippen LogP contribution in [0.4, 0.5) is 0 Å². The number of fused-ring (bicyclic) bond motifs is 1. The van der Waals surface area contributed by atoms with Crippen LogP contribution < -0.4 is 0 Å². The molecule has 1 aliphatic rings. The number of benzene rings is 1. The van der Waals surface area contributed by atoms with E-state index >= 15 is 0 Å². The normalized spacial score (nSPS) is 14.7. The fourth-order valence-corrected chi connectivity index (χ4v) is 2.47. The average Bonchev–Trinajstić information content (AvgIpc) is 3.01. The van der Waals surface area contributed by atoms with Crippen LogP contribution in [0.25, 0.3) is 22.4 Å². The Bertz CT molecular complexity index is 789. The topological polar surface area (TPSA) is 54.8 Å². The zero-order chi connectivity index (χ0) is 12.8. The van der Waals surface area contributed by atoms with Crippen molar-refractivity contribution in [3.05, 3.63) is 42.4 Å². The molecule has 3 aromatic rings. The van der Waals surface area contributed by atoms with E-state index in [4.69, 9.17) is 9.68 Å². The Balaban J connectivity index is 2.02. The number of furan rings is 1. The van der Waals surface area contributed by atoms with Crippen LogP contribution in [-0.4, -0.2) is 9.55 Å². The molecule has 1 aliphatic carbocycles. The summed E-state index contributed by atoms with van der Waals surface area (Å²) in [5.74, 6) is 0.932. The standard InChI is InChI=1S/C15H11N3O/c16-8-10-1-4-14-13(7-10)17-15(11-5-6-19-9-11)18(14)12-2-3-12/h1,4-7,9,12H,2-3H2. The van der Waals surface area contributed by atoms with Gasteiger partial charge in [-0.15, -0.1) is 0 Å². The third-order valence-corrected chi connectivity index (χ3v) is 3.51. The van der Waals surface area contributed by atoms with Crippen LogP contribution in [0, 0.1) is 11.3 Å². The number of aromatic nitrogens is 2. The van der Waals surface area contributed by atoms with E-state index in [0.717, 1.165) is 22.4 Å². The van der Waals surface area contributed by atoms with Crippen LogP contribution in [0.5, 0.6) is 0 Å². The lowest BCUT2D eigenvalue weighted by Crippen LogP contribution is -1.96. The number of rotatable bonds is 2. The van der Waals surface area contributed by atoms with Crippen LogP contribution in [0.15, 0.2) is 41.2 Å². The number of imidazole rings is 1. The lowest BCUT2D eigenvalue weighted by atomic mass is 10.2. The molecule has 0 aliphatic heterocycles. The van der Waals surface area contributed by atoms with Crippen LogP contribution in [0.3, 0.4) is 0 Å². The highest BCUT2D eigenvalue weighted by atomic mass is 16.3. The minimum Gasteiger partial charge on any atom is -0.472 e. The van der Waals surface area contributed by atoms with Gasteiger partial charge in [-0.3, -0.25) is 0 Å². The van der Waals surface area contributed by atoms with Crippen LogP contribution in [-0.2, 0) is 0 Å². The zero-order valence-electron chi connectivity index (χ0n) is 10.2. The molecule has 1 aromatic carbocycles. The third kappa shape index (κ3) is 1.55. The smallest absolute Gasteiger partial charge is 0.144 e. The minimum atomic E-state index is 0.530. The van der Waals surface area contributed by atoms with Gasteiger partial charge < -0.3 is 8.98 Å². The Morgan fingerprint density at radius 1 is 1.32 bits per heavy atom. The largest absolute Gasteiger partial charge is 0.472 e. The number of nitriles is 1. The Morgan fingerprint density at radius 3 is 2.89 bits per heavy atom. The second-order valence-corrected chi connectivity index (χ2v) is 4.86. The molecule has 0 atom stereocenters. The summed E-state index contributed by atoms with van der Waals surface area (Å²) in [6.07, 6.45) is 5.75. The summed E-state index contributed by atoms with van der Waals surface area (Å²) in [5, 5.41) is 8.98. The predicted octanol–water partition coefficient (Wildman–Crippen LogP) is 3.50. The molecule has 0 bridgehead atoms. The molecule has 19 heavy (non-hydrogen) atoms. The van der Waals surface area contributed by atoms with E-state index in [1.165, 1.54) is 12.8 Å². The maximum Gasteiger partial charge on any atom is 0.144 e. The minimum absolute atomic E-state index is 0.530.